The van der Waals surface area contributed by atoms with Crippen LogP contribution in [-0.2, 0) is 6.54 Å². The Labute approximate surface area is 106 Å². The van der Waals surface area contributed by atoms with Crippen molar-refractivity contribution in [3.63, 3.8) is 0 Å². The molecule has 96 valence electrons. The monoisotopic (exact) mass is 255 g/mol. The number of nitrogens with one attached hydrogen (secondary N) is 1. The smallest absolute Gasteiger partial charge is 0.219 e. The molecule has 1 saturated carbocycles. The van der Waals surface area contributed by atoms with Crippen LogP contribution in [0.25, 0.3) is 0 Å². The molecule has 2 rings (SSSR count). The number of nitrogen functional groups attached to an aromatic ring is 1. The first-order valence-electron chi connectivity index (χ1n) is 6.25. The minimum absolute atomic E-state index is 0.686. The molecule has 0 aromatic carbocycles. The summed E-state index contributed by atoms with van der Waals surface area (Å²) in [7, 11) is 2.16. The summed E-state index contributed by atoms with van der Waals surface area (Å²) in [4.78, 5) is 2.34. The molecule has 0 atom stereocenters. The van der Waals surface area contributed by atoms with E-state index in [1.807, 2.05) is 0 Å². The summed E-state index contributed by atoms with van der Waals surface area (Å²) in [5.74, 6) is 6.16. The van der Waals surface area contributed by atoms with Crippen molar-refractivity contribution in [2.75, 3.05) is 19.0 Å². The number of nitrogens with zero attached hydrogens (tertiary/aromatic N) is 3. The minimum Gasteiger partial charge on any atom is -0.299 e. The molecule has 1 aromatic rings. The Morgan fingerprint density at radius 1 is 1.35 bits per heavy atom. The van der Waals surface area contributed by atoms with Crippen LogP contribution in [0.15, 0.2) is 0 Å². The van der Waals surface area contributed by atoms with Gasteiger partial charge in [-0.1, -0.05) is 30.6 Å². The van der Waals surface area contributed by atoms with Crippen LogP contribution in [0.4, 0.5) is 5.13 Å². The van der Waals surface area contributed by atoms with Crippen molar-refractivity contribution in [3.8, 4) is 0 Å². The van der Waals surface area contributed by atoms with Crippen LogP contribution in [-0.4, -0.2) is 28.7 Å². The highest BCUT2D eigenvalue weighted by atomic mass is 32.1. The second-order valence-electron chi connectivity index (χ2n) is 4.85. The van der Waals surface area contributed by atoms with E-state index in [4.69, 9.17) is 5.84 Å². The van der Waals surface area contributed by atoms with E-state index in [9.17, 15) is 0 Å². The lowest BCUT2D eigenvalue weighted by Gasteiger charge is -2.26. The Hall–Kier alpha value is -0.720. The maximum Gasteiger partial charge on any atom is 0.219 e. The van der Waals surface area contributed by atoms with Gasteiger partial charge in [0.15, 0.2) is 0 Å². The van der Waals surface area contributed by atoms with Gasteiger partial charge in [-0.05, 0) is 25.8 Å². The highest BCUT2D eigenvalue weighted by molar-refractivity contribution is 7.15. The predicted molar refractivity (Wildman–Crippen MR) is 70.6 cm³/mol. The first kappa shape index (κ1) is 12.7. The quantitative estimate of drug-likeness (QED) is 0.621. The fourth-order valence-electron chi connectivity index (χ4n) is 2.48. The molecule has 17 heavy (non-hydrogen) atoms. The number of aromatic nitrogens is 2. The van der Waals surface area contributed by atoms with Crippen LogP contribution in [0.5, 0.6) is 0 Å². The van der Waals surface area contributed by atoms with Gasteiger partial charge in [0.25, 0.3) is 0 Å². The molecular weight excluding hydrogens is 234 g/mol. The van der Waals surface area contributed by atoms with E-state index >= 15 is 0 Å². The third kappa shape index (κ3) is 3.90. The first-order valence-corrected chi connectivity index (χ1v) is 7.07. The maximum atomic E-state index is 5.29. The Bertz CT molecular complexity index is 334. The summed E-state index contributed by atoms with van der Waals surface area (Å²) in [5, 5.41) is 9.76. The fraction of sp³-hybridized carbons (Fsp3) is 0.818. The van der Waals surface area contributed by atoms with E-state index in [2.05, 4.69) is 27.6 Å². The Morgan fingerprint density at radius 2 is 2.12 bits per heavy atom. The van der Waals surface area contributed by atoms with Crippen molar-refractivity contribution in [1.29, 1.82) is 0 Å². The zero-order valence-electron chi connectivity index (χ0n) is 10.4. The number of hydrogen-bond donors (Lipinski definition) is 2. The number of anilines is 1. The van der Waals surface area contributed by atoms with Gasteiger partial charge in [-0.15, -0.1) is 10.2 Å². The molecule has 6 heteroatoms. The average molecular weight is 255 g/mol. The van der Waals surface area contributed by atoms with E-state index < -0.39 is 0 Å². The number of hydrazine groups is 1. The molecule has 0 spiro atoms. The Balaban J connectivity index is 1.77. The van der Waals surface area contributed by atoms with Crippen LogP contribution >= 0.6 is 11.3 Å². The van der Waals surface area contributed by atoms with Gasteiger partial charge in [-0.3, -0.25) is 10.3 Å². The Morgan fingerprint density at radius 3 is 2.76 bits per heavy atom. The van der Waals surface area contributed by atoms with Crippen LogP contribution < -0.4 is 11.3 Å². The molecule has 5 nitrogen and oxygen atoms in total. The van der Waals surface area contributed by atoms with Gasteiger partial charge in [0, 0.05) is 6.54 Å². The normalized spacial score (nSPS) is 17.6. The summed E-state index contributed by atoms with van der Waals surface area (Å²) in [5.41, 5.74) is 2.53. The molecule has 1 heterocycles. The zero-order chi connectivity index (χ0) is 12.1. The maximum absolute atomic E-state index is 5.29. The summed E-state index contributed by atoms with van der Waals surface area (Å²) in [6, 6.07) is 0. The summed E-state index contributed by atoms with van der Waals surface area (Å²) < 4.78 is 0. The highest BCUT2D eigenvalue weighted by Crippen LogP contribution is 2.24. The van der Waals surface area contributed by atoms with Crippen molar-refractivity contribution < 1.29 is 0 Å². The summed E-state index contributed by atoms with van der Waals surface area (Å²) >= 11 is 1.52. The first-order chi connectivity index (χ1) is 8.28. The molecule has 3 N–H and O–H groups in total. The molecule has 1 fully saturated rings. The van der Waals surface area contributed by atoms with Gasteiger partial charge < -0.3 is 0 Å². The lowest BCUT2D eigenvalue weighted by atomic mass is 9.89. The highest BCUT2D eigenvalue weighted by Gasteiger charge is 2.16. The minimum atomic E-state index is 0.686. The van der Waals surface area contributed by atoms with Crippen LogP contribution in [0.3, 0.4) is 0 Å². The lowest BCUT2D eigenvalue weighted by Crippen LogP contribution is -2.26. The van der Waals surface area contributed by atoms with Crippen molar-refractivity contribution in [2.24, 2.45) is 11.8 Å². The standard InChI is InChI=1S/C11H21N5S/c1-16(7-9-5-3-2-4-6-9)8-10-14-15-11(13-12)17-10/h9H,2-8,12H2,1H3,(H,13,15). The van der Waals surface area contributed by atoms with Gasteiger partial charge in [0.1, 0.15) is 5.01 Å². The molecule has 0 radical (unpaired) electrons. The van der Waals surface area contributed by atoms with E-state index in [0.717, 1.165) is 17.5 Å². The van der Waals surface area contributed by atoms with Crippen LogP contribution in [0.1, 0.15) is 37.1 Å². The lowest BCUT2D eigenvalue weighted by molar-refractivity contribution is 0.227. The van der Waals surface area contributed by atoms with Crippen molar-refractivity contribution in [2.45, 2.75) is 38.6 Å². The van der Waals surface area contributed by atoms with E-state index in [1.54, 1.807) is 0 Å². The van der Waals surface area contributed by atoms with Gasteiger partial charge in [-0.25, -0.2) is 5.84 Å². The Kier molecular flexibility index (Phi) is 4.70. The molecule has 0 bridgehead atoms. The molecule has 1 aliphatic rings. The molecule has 1 aliphatic carbocycles. The molecule has 1 aromatic heterocycles. The number of hydrogen-bond acceptors (Lipinski definition) is 6. The average Bonchev–Trinajstić information content (AvgIpc) is 2.78. The topological polar surface area (TPSA) is 67.1 Å². The van der Waals surface area contributed by atoms with E-state index in [0.29, 0.717) is 5.13 Å². The van der Waals surface area contributed by atoms with Crippen molar-refractivity contribution in [3.05, 3.63) is 5.01 Å². The number of nitrogens with two attached hydrogens (primary N) is 1. The van der Waals surface area contributed by atoms with E-state index in [-0.39, 0.29) is 0 Å². The second-order valence-corrected chi connectivity index (χ2v) is 5.91. The molecular formula is C11H21N5S. The van der Waals surface area contributed by atoms with E-state index in [1.165, 1.54) is 50.0 Å². The number of rotatable bonds is 5. The summed E-state index contributed by atoms with van der Waals surface area (Å²) in [6.07, 6.45) is 6.99. The molecule has 0 aliphatic heterocycles. The zero-order valence-corrected chi connectivity index (χ0v) is 11.2. The van der Waals surface area contributed by atoms with Crippen LogP contribution in [0, 0.1) is 5.92 Å². The van der Waals surface area contributed by atoms with Gasteiger partial charge in [0.05, 0.1) is 6.54 Å². The third-order valence-corrected chi connectivity index (χ3v) is 4.13. The molecule has 0 unspecified atom stereocenters. The fourth-order valence-corrected chi connectivity index (χ4v) is 3.21. The summed E-state index contributed by atoms with van der Waals surface area (Å²) in [6.45, 7) is 2.04. The van der Waals surface area contributed by atoms with Crippen LogP contribution in [0.2, 0.25) is 0 Å². The largest absolute Gasteiger partial charge is 0.299 e. The van der Waals surface area contributed by atoms with Crippen molar-refractivity contribution >= 4 is 16.5 Å². The SMILES string of the molecule is CN(Cc1nnc(NN)s1)CC1CCCCC1. The second kappa shape index (κ2) is 6.28. The van der Waals surface area contributed by atoms with Crippen molar-refractivity contribution in [1.82, 2.24) is 15.1 Å². The molecule has 0 amide bonds. The third-order valence-electron chi connectivity index (χ3n) is 3.29. The van der Waals surface area contributed by atoms with Gasteiger partial charge >= 0.3 is 0 Å². The van der Waals surface area contributed by atoms with Gasteiger partial charge in [0.2, 0.25) is 5.13 Å². The van der Waals surface area contributed by atoms with Gasteiger partial charge in [-0.2, -0.15) is 0 Å². The molecule has 0 saturated heterocycles. The predicted octanol–water partition coefficient (Wildman–Crippen LogP) is 1.84.